The van der Waals surface area contributed by atoms with Crippen LogP contribution in [0.25, 0.3) is 0 Å². The summed E-state index contributed by atoms with van der Waals surface area (Å²) in [6, 6.07) is 7.47. The van der Waals surface area contributed by atoms with E-state index in [4.69, 9.17) is 0 Å². The van der Waals surface area contributed by atoms with Gasteiger partial charge >= 0.3 is 12.4 Å². The van der Waals surface area contributed by atoms with Gasteiger partial charge in [0.1, 0.15) is 5.69 Å². The Labute approximate surface area is 302 Å². The summed E-state index contributed by atoms with van der Waals surface area (Å²) < 4.78 is 90.7. The molecule has 0 bridgehead atoms. The van der Waals surface area contributed by atoms with Gasteiger partial charge in [-0.2, -0.15) is 26.3 Å². The summed E-state index contributed by atoms with van der Waals surface area (Å²) in [5, 5.41) is 23.0. The van der Waals surface area contributed by atoms with Crippen molar-refractivity contribution in [3.63, 3.8) is 0 Å². The third-order valence-electron chi connectivity index (χ3n) is 8.49. The molecule has 0 radical (unpaired) electrons. The normalized spacial score (nSPS) is 14.6. The molecule has 0 fully saturated rings. The lowest BCUT2D eigenvalue weighted by Gasteiger charge is -2.38. The number of non-ortho nitro benzene ring substituents is 1. The topological polar surface area (TPSA) is 161 Å². The second kappa shape index (κ2) is 12.0. The molecule has 4 amide bonds. The fraction of sp³-hybridized carbons (Fsp3) is 0.125. The smallest absolute Gasteiger partial charge is 0.268 e. The van der Waals surface area contributed by atoms with Crippen LogP contribution in [0.5, 0.6) is 0 Å². The third-order valence-corrected chi connectivity index (χ3v) is 9.70. The fourth-order valence-electron chi connectivity index (χ4n) is 6.19. The summed E-state index contributed by atoms with van der Waals surface area (Å²) in [7, 11) is 0. The number of anilines is 2. The van der Waals surface area contributed by atoms with E-state index in [2.05, 4.69) is 31.9 Å². The summed E-state index contributed by atoms with van der Waals surface area (Å²) in [4.78, 5) is 75.6. The van der Waals surface area contributed by atoms with Gasteiger partial charge < -0.3 is 0 Å². The van der Waals surface area contributed by atoms with Gasteiger partial charge in [0.2, 0.25) is 5.41 Å². The Hall–Kier alpha value is -5.50. The molecular weight excluding hydrogens is 842 g/mol. The summed E-state index contributed by atoms with van der Waals surface area (Å²) in [6.45, 7) is 1.47. The summed E-state index contributed by atoms with van der Waals surface area (Å²) >= 11 is 6.01. The maximum atomic E-state index is 15.2. The highest BCUT2D eigenvalue weighted by Crippen LogP contribution is 2.57. The van der Waals surface area contributed by atoms with Crippen LogP contribution in [-0.4, -0.2) is 45.8 Å². The molecule has 20 heteroatoms. The average molecular weight is 856 g/mol. The highest BCUT2D eigenvalue weighted by molar-refractivity contribution is 9.11. The van der Waals surface area contributed by atoms with E-state index >= 15 is 26.3 Å². The van der Waals surface area contributed by atoms with Crippen LogP contribution in [0.15, 0.2) is 75.7 Å². The predicted octanol–water partition coefficient (Wildman–Crippen LogP) is 8.35. The second-order valence-corrected chi connectivity index (χ2v) is 13.1. The predicted molar refractivity (Wildman–Crippen MR) is 174 cm³/mol. The van der Waals surface area contributed by atoms with Crippen LogP contribution in [0.1, 0.15) is 58.1 Å². The Kier molecular flexibility index (Phi) is 8.41. The summed E-state index contributed by atoms with van der Waals surface area (Å²) in [6.07, 6.45) is -12.5. The molecule has 0 spiro atoms. The minimum absolute atomic E-state index is 0.189. The Morgan fingerprint density at radius 1 is 0.596 bits per heavy atom. The van der Waals surface area contributed by atoms with Crippen molar-refractivity contribution in [2.75, 3.05) is 9.80 Å². The first-order chi connectivity index (χ1) is 24.1. The highest BCUT2D eigenvalue weighted by Gasteiger charge is 2.73. The molecule has 0 saturated carbocycles. The zero-order chi connectivity index (χ0) is 38.4. The Balaban J connectivity index is 1.52. The van der Waals surface area contributed by atoms with Crippen molar-refractivity contribution in [1.82, 2.24) is 0 Å². The van der Waals surface area contributed by atoms with Gasteiger partial charge in [-0.1, -0.05) is 18.2 Å². The summed E-state index contributed by atoms with van der Waals surface area (Å²) in [5.74, 6) is -5.20. The maximum Gasteiger partial charge on any atom is 0.411 e. The van der Waals surface area contributed by atoms with Crippen LogP contribution in [0, 0.1) is 27.2 Å². The van der Waals surface area contributed by atoms with Crippen molar-refractivity contribution in [2.45, 2.75) is 24.7 Å². The first kappa shape index (κ1) is 36.3. The molecule has 52 heavy (non-hydrogen) atoms. The number of nitro benzene ring substituents is 2. The quantitative estimate of drug-likeness (QED) is 0.0810. The van der Waals surface area contributed by atoms with E-state index in [-0.39, 0.29) is 31.7 Å². The molecule has 0 aromatic heterocycles. The van der Waals surface area contributed by atoms with Gasteiger partial charge in [-0.15, -0.1) is 0 Å². The Morgan fingerprint density at radius 2 is 1.04 bits per heavy atom. The molecule has 0 aliphatic carbocycles. The number of alkyl halides is 6. The van der Waals surface area contributed by atoms with Crippen LogP contribution >= 0.6 is 31.9 Å². The molecule has 2 aliphatic rings. The SMILES string of the molecule is Cc1ccc(N2C(=O)c3ccc(C(c4ccc5c(c4)C(=O)N(c4c(Br)cc([N+](=O)[O-])cc4Br)C5=O)(C(F)(F)F)C(F)(F)F)cc3C2=O)c([N+](=O)[O-])c1. The maximum absolute atomic E-state index is 15.2. The van der Waals surface area contributed by atoms with Gasteiger partial charge in [0.15, 0.2) is 0 Å². The van der Waals surface area contributed by atoms with Crippen molar-refractivity contribution in [2.24, 2.45) is 0 Å². The molecule has 4 aromatic rings. The van der Waals surface area contributed by atoms with E-state index in [9.17, 15) is 39.4 Å². The number of fused-ring (bicyclic) bond motifs is 2. The third kappa shape index (κ3) is 5.18. The van der Waals surface area contributed by atoms with Gasteiger partial charge in [-0.25, -0.2) is 9.80 Å². The molecule has 2 aliphatic heterocycles. The lowest BCUT2D eigenvalue weighted by Crippen LogP contribution is -2.55. The molecule has 12 nitrogen and oxygen atoms in total. The first-order valence-corrected chi connectivity index (χ1v) is 15.8. The number of benzene rings is 4. The number of nitro groups is 2. The Bertz CT molecular complexity index is 2310. The first-order valence-electron chi connectivity index (χ1n) is 14.2. The number of hydrogen-bond donors (Lipinski definition) is 0. The lowest BCUT2D eigenvalue weighted by molar-refractivity contribution is -0.385. The van der Waals surface area contributed by atoms with E-state index in [1.807, 2.05) is 0 Å². The molecule has 2 heterocycles. The number of hydrogen-bond acceptors (Lipinski definition) is 8. The zero-order valence-corrected chi connectivity index (χ0v) is 28.6. The summed E-state index contributed by atoms with van der Waals surface area (Å²) in [5.41, 5.74) is -12.9. The van der Waals surface area contributed by atoms with Crippen LogP contribution in [0.2, 0.25) is 0 Å². The van der Waals surface area contributed by atoms with Crippen LogP contribution in [0.4, 0.5) is 49.1 Å². The van der Waals surface area contributed by atoms with E-state index < -0.39 is 102 Å². The second-order valence-electron chi connectivity index (χ2n) is 11.4. The molecule has 266 valence electrons. The number of imide groups is 2. The molecule has 0 saturated heterocycles. The molecule has 0 N–H and O–H groups in total. The minimum Gasteiger partial charge on any atom is -0.268 e. The van der Waals surface area contributed by atoms with Crippen molar-refractivity contribution in [1.29, 1.82) is 0 Å². The molecule has 6 rings (SSSR count). The average Bonchev–Trinajstić information content (AvgIpc) is 3.43. The molecule has 4 aromatic carbocycles. The molecular formula is C32H14Br2F6N4O8. The Morgan fingerprint density at radius 3 is 1.48 bits per heavy atom. The van der Waals surface area contributed by atoms with Gasteiger partial charge in [-0.3, -0.25) is 39.4 Å². The minimum atomic E-state index is -6.25. The van der Waals surface area contributed by atoms with Crippen LogP contribution in [-0.2, 0) is 5.41 Å². The van der Waals surface area contributed by atoms with Gasteiger partial charge in [0.05, 0.1) is 37.8 Å². The van der Waals surface area contributed by atoms with Gasteiger partial charge in [-0.05, 0) is 85.8 Å². The van der Waals surface area contributed by atoms with E-state index in [0.29, 0.717) is 34.7 Å². The van der Waals surface area contributed by atoms with Gasteiger partial charge in [0, 0.05) is 27.1 Å². The number of halogens is 8. The van der Waals surface area contributed by atoms with Crippen molar-refractivity contribution in [3.8, 4) is 0 Å². The van der Waals surface area contributed by atoms with Crippen LogP contribution in [0.3, 0.4) is 0 Å². The van der Waals surface area contributed by atoms with E-state index in [0.717, 1.165) is 24.3 Å². The van der Waals surface area contributed by atoms with Crippen molar-refractivity contribution < 1.29 is 55.4 Å². The number of aryl methyl sites for hydroxylation is 1. The number of nitrogens with zero attached hydrogens (tertiary/aromatic N) is 4. The van der Waals surface area contributed by atoms with Gasteiger partial charge in [0.25, 0.3) is 35.0 Å². The number of carbonyl (C=O) groups is 4. The fourth-order valence-corrected chi connectivity index (χ4v) is 7.71. The molecule has 0 atom stereocenters. The van der Waals surface area contributed by atoms with E-state index in [1.54, 1.807) is 0 Å². The van der Waals surface area contributed by atoms with E-state index in [1.165, 1.54) is 13.0 Å². The van der Waals surface area contributed by atoms with Crippen LogP contribution < -0.4 is 9.80 Å². The van der Waals surface area contributed by atoms with Crippen molar-refractivity contribution >= 4 is 78.2 Å². The lowest BCUT2D eigenvalue weighted by atomic mass is 9.71. The monoisotopic (exact) mass is 854 g/mol. The zero-order valence-electron chi connectivity index (χ0n) is 25.4. The number of rotatable bonds is 6. The highest BCUT2D eigenvalue weighted by atomic mass is 79.9. The van der Waals surface area contributed by atoms with Crippen molar-refractivity contribution in [3.05, 3.63) is 135 Å². The largest absolute Gasteiger partial charge is 0.411 e. The molecule has 0 unspecified atom stereocenters. The standard InChI is InChI=1S/C32H14Br2F6N4O8/c1-13-2-7-23(24(8-13)44(51)52)41-26(45)17-5-3-14(9-19(17)28(41)47)30(31(35,36)37,32(38,39)40)15-4-6-18-20(10-15)29(48)42(27(18)46)25-21(33)11-16(43(49)50)12-22(25)34/h2-12H,1H3. The number of amides is 4. The number of carbonyl (C=O) groups excluding carboxylic acids is 4.